The van der Waals surface area contributed by atoms with Gasteiger partial charge in [-0.15, -0.1) is 0 Å². The molecule has 1 amide bonds. The van der Waals surface area contributed by atoms with Crippen LogP contribution in [0.1, 0.15) is 296 Å². The molecule has 0 aliphatic rings. The third kappa shape index (κ3) is 54.5. The number of carbonyl (C=O) groups excluding carboxylic acids is 1. The average Bonchev–Trinajstić information content (AvgIpc) is 3.32. The second-order valence-electron chi connectivity index (χ2n) is 22.1. The van der Waals surface area contributed by atoms with E-state index in [1.807, 2.05) is 27.2 Å². The quantitative estimate of drug-likeness (QED) is 0.0243. The second-order valence-corrected chi connectivity index (χ2v) is 23.5. The van der Waals surface area contributed by atoms with E-state index in [4.69, 9.17) is 9.05 Å². The third-order valence-corrected chi connectivity index (χ3v) is 14.8. The van der Waals surface area contributed by atoms with Crippen molar-refractivity contribution in [2.75, 3.05) is 40.9 Å². The summed E-state index contributed by atoms with van der Waals surface area (Å²) in [5, 5.41) is 13.9. The summed E-state index contributed by atoms with van der Waals surface area (Å²) in [5.41, 5.74) is 0. The zero-order valence-corrected chi connectivity index (χ0v) is 48.2. The molecule has 8 nitrogen and oxygen atoms in total. The van der Waals surface area contributed by atoms with Gasteiger partial charge >= 0.3 is 7.82 Å². The lowest BCUT2D eigenvalue weighted by Gasteiger charge is -2.25. The first-order chi connectivity index (χ1) is 34.0. The molecule has 0 spiro atoms. The molecule has 0 heterocycles. The number of allylic oxidation sites excluding steroid dienone is 5. The summed E-state index contributed by atoms with van der Waals surface area (Å²) in [5.74, 6) is -0.185. The van der Waals surface area contributed by atoms with Gasteiger partial charge in [0.2, 0.25) is 5.91 Å². The summed E-state index contributed by atoms with van der Waals surface area (Å²) in [6.07, 6.45) is 68.4. The number of amides is 1. The Kier molecular flexibility index (Phi) is 51.6. The Hall–Kier alpha value is -1.28. The number of nitrogens with zero attached hydrogens (tertiary/aromatic N) is 1. The van der Waals surface area contributed by atoms with Gasteiger partial charge in [0.15, 0.2) is 0 Å². The van der Waals surface area contributed by atoms with Crippen LogP contribution in [0.15, 0.2) is 36.5 Å². The van der Waals surface area contributed by atoms with Crippen LogP contribution in [0.3, 0.4) is 0 Å². The fraction of sp³-hybridized carbons (Fsp3) is 0.885. The van der Waals surface area contributed by atoms with Crippen LogP contribution in [0.2, 0.25) is 0 Å². The Bertz CT molecular complexity index is 1230. The van der Waals surface area contributed by atoms with Crippen LogP contribution in [0.4, 0.5) is 0 Å². The number of nitrogens with one attached hydrogen (secondary N) is 1. The van der Waals surface area contributed by atoms with Crippen LogP contribution in [0, 0.1) is 0 Å². The van der Waals surface area contributed by atoms with Gasteiger partial charge in [0.25, 0.3) is 0 Å². The first-order valence-corrected chi connectivity index (χ1v) is 31.9. The van der Waals surface area contributed by atoms with Crippen LogP contribution in [-0.4, -0.2) is 73.4 Å². The van der Waals surface area contributed by atoms with Crippen LogP contribution in [-0.2, 0) is 18.4 Å². The number of unbranched alkanes of at least 4 members (excludes halogenated alkanes) is 39. The van der Waals surface area contributed by atoms with Crippen molar-refractivity contribution in [3.63, 3.8) is 0 Å². The fourth-order valence-electron chi connectivity index (χ4n) is 9.08. The number of phosphoric ester groups is 1. The van der Waals surface area contributed by atoms with Gasteiger partial charge in [0.1, 0.15) is 13.2 Å². The van der Waals surface area contributed by atoms with Crippen molar-refractivity contribution in [2.24, 2.45) is 0 Å². The van der Waals surface area contributed by atoms with E-state index in [2.05, 4.69) is 43.5 Å². The average molecular weight is 1010 g/mol. The van der Waals surface area contributed by atoms with Crippen molar-refractivity contribution in [3.05, 3.63) is 36.5 Å². The van der Waals surface area contributed by atoms with Gasteiger partial charge in [-0.05, 0) is 44.9 Å². The number of hydrogen-bond donors (Lipinski definition) is 3. The summed E-state index contributed by atoms with van der Waals surface area (Å²) in [6, 6.07) is -0.868. The summed E-state index contributed by atoms with van der Waals surface area (Å²) in [7, 11) is 1.56. The zero-order valence-electron chi connectivity index (χ0n) is 47.3. The molecule has 3 atom stereocenters. The van der Waals surface area contributed by atoms with E-state index in [1.54, 1.807) is 6.08 Å². The van der Waals surface area contributed by atoms with Gasteiger partial charge in [-0.25, -0.2) is 4.57 Å². The van der Waals surface area contributed by atoms with E-state index in [0.717, 1.165) is 44.9 Å². The smallest absolute Gasteiger partial charge is 0.387 e. The van der Waals surface area contributed by atoms with Crippen molar-refractivity contribution in [1.29, 1.82) is 0 Å². The first kappa shape index (κ1) is 68.7. The molecule has 70 heavy (non-hydrogen) atoms. The number of aliphatic hydroxyl groups is 1. The monoisotopic (exact) mass is 1010 g/mol. The minimum Gasteiger partial charge on any atom is -0.387 e. The van der Waals surface area contributed by atoms with Crippen molar-refractivity contribution in [2.45, 2.75) is 309 Å². The summed E-state index contributed by atoms with van der Waals surface area (Å²) >= 11 is 0. The van der Waals surface area contributed by atoms with Crippen molar-refractivity contribution >= 4 is 13.7 Å². The highest BCUT2D eigenvalue weighted by atomic mass is 31.2. The highest BCUT2D eigenvalue weighted by Crippen LogP contribution is 2.43. The molecule has 0 bridgehead atoms. The molecule has 0 aromatic rings. The molecule has 0 radical (unpaired) electrons. The van der Waals surface area contributed by atoms with Gasteiger partial charge in [0.05, 0.1) is 39.9 Å². The maximum Gasteiger partial charge on any atom is 0.472 e. The largest absolute Gasteiger partial charge is 0.472 e. The van der Waals surface area contributed by atoms with Gasteiger partial charge < -0.3 is 19.8 Å². The van der Waals surface area contributed by atoms with E-state index in [9.17, 15) is 19.4 Å². The Morgan fingerprint density at radius 1 is 0.471 bits per heavy atom. The predicted molar refractivity (Wildman–Crippen MR) is 304 cm³/mol. The van der Waals surface area contributed by atoms with E-state index in [0.29, 0.717) is 17.4 Å². The summed E-state index contributed by atoms with van der Waals surface area (Å²) in [4.78, 5) is 23.3. The van der Waals surface area contributed by atoms with E-state index in [-0.39, 0.29) is 19.1 Å². The molecule has 9 heteroatoms. The third-order valence-electron chi connectivity index (χ3n) is 13.8. The molecule has 0 aliphatic carbocycles. The van der Waals surface area contributed by atoms with Crippen molar-refractivity contribution in [1.82, 2.24) is 5.32 Å². The molecule has 414 valence electrons. The summed E-state index contributed by atoms with van der Waals surface area (Å²) < 4.78 is 23.7. The molecule has 3 N–H and O–H groups in total. The number of carbonyl (C=O) groups is 1. The first-order valence-electron chi connectivity index (χ1n) is 30.4. The molecule has 3 unspecified atom stereocenters. The van der Waals surface area contributed by atoms with Gasteiger partial charge in [-0.3, -0.25) is 13.8 Å². The lowest BCUT2D eigenvalue weighted by atomic mass is 10.0. The topological polar surface area (TPSA) is 105 Å². The SMILES string of the molecule is CCCCCCCCCCC/C=C/CC/C=C/CC/C=C/C(O)C(COP(=O)(O)OCC[N+](C)(C)C)NC(=O)CCCCCCCCCCCCCCCCCCCCCCCCCCCCCCC. The minimum absolute atomic E-state index is 0.0551. The second kappa shape index (κ2) is 52.6. The maximum absolute atomic E-state index is 13.0. The number of aliphatic hydroxyl groups excluding tert-OH is 1. The van der Waals surface area contributed by atoms with Crippen molar-refractivity contribution in [3.8, 4) is 0 Å². The van der Waals surface area contributed by atoms with E-state index >= 15 is 0 Å². The highest BCUT2D eigenvalue weighted by molar-refractivity contribution is 7.47. The Morgan fingerprint density at radius 3 is 1.14 bits per heavy atom. The Morgan fingerprint density at radius 2 is 0.786 bits per heavy atom. The van der Waals surface area contributed by atoms with Crippen LogP contribution in [0.5, 0.6) is 0 Å². The highest BCUT2D eigenvalue weighted by Gasteiger charge is 2.27. The van der Waals surface area contributed by atoms with Crippen LogP contribution < -0.4 is 5.32 Å². The fourth-order valence-corrected chi connectivity index (χ4v) is 9.81. The van der Waals surface area contributed by atoms with E-state index < -0.39 is 20.0 Å². The Labute approximate surface area is 436 Å². The minimum atomic E-state index is -4.36. The molecule has 0 aromatic carbocycles. The molecule has 0 fully saturated rings. The van der Waals surface area contributed by atoms with Gasteiger partial charge in [-0.1, -0.05) is 281 Å². The van der Waals surface area contributed by atoms with E-state index in [1.165, 1.54) is 231 Å². The predicted octanol–water partition coefficient (Wildman–Crippen LogP) is 18.5. The molecular weight excluding hydrogens is 888 g/mol. The molecular formula is C61H120N2O6P+. The molecule has 0 aliphatic heterocycles. The van der Waals surface area contributed by atoms with Gasteiger partial charge in [-0.2, -0.15) is 0 Å². The van der Waals surface area contributed by atoms with Crippen LogP contribution >= 0.6 is 7.82 Å². The molecule has 0 saturated heterocycles. The number of likely N-dealkylation sites (N-methyl/N-ethyl adjacent to an activating group) is 1. The molecule has 0 rings (SSSR count). The molecule has 0 saturated carbocycles. The lowest BCUT2D eigenvalue weighted by Crippen LogP contribution is -2.45. The Balaban J connectivity index is 4.14. The number of phosphoric acid groups is 1. The molecule has 0 aromatic heterocycles. The zero-order chi connectivity index (χ0) is 51.3. The number of hydrogen-bond acceptors (Lipinski definition) is 5. The maximum atomic E-state index is 13.0. The van der Waals surface area contributed by atoms with Crippen molar-refractivity contribution < 1.29 is 32.9 Å². The standard InChI is InChI=1S/C61H119N2O6P/c1-6-8-10-12-14-16-18-20-22-24-26-27-28-29-30-31-32-33-34-35-37-39-41-43-45-47-49-51-53-55-61(65)62-59(58-69-70(66,67)68-57-56-63(3,4)5)60(64)54-52-50-48-46-44-42-40-38-36-25-23-21-19-17-15-13-11-9-7-2/h36,38,44,46,52,54,59-60,64H,6-35,37,39-43,45,47-51,53,55-58H2,1-5H3,(H-,62,65,66,67)/p+1/b38-36+,46-44+,54-52+. The van der Waals surface area contributed by atoms with Crippen LogP contribution in [0.25, 0.3) is 0 Å². The lowest BCUT2D eigenvalue weighted by molar-refractivity contribution is -0.870. The normalized spacial score (nSPS) is 14.1. The number of rotatable bonds is 56. The number of quaternary nitrogens is 1. The van der Waals surface area contributed by atoms with Gasteiger partial charge in [0, 0.05) is 6.42 Å². The summed E-state index contributed by atoms with van der Waals surface area (Å²) in [6.45, 7) is 4.82.